The Morgan fingerprint density at radius 2 is 1.81 bits per heavy atom. The van der Waals surface area contributed by atoms with E-state index in [0.717, 1.165) is 14.8 Å². The monoisotopic (exact) mass is 463 g/mol. The Balaban J connectivity index is 1.78. The first kappa shape index (κ1) is 18.4. The third kappa shape index (κ3) is 3.57. The molecule has 26 heavy (non-hydrogen) atoms. The fraction of sp³-hybridized carbons (Fsp3) is 0.211. The van der Waals surface area contributed by atoms with Crippen molar-refractivity contribution in [2.24, 2.45) is 0 Å². The van der Waals surface area contributed by atoms with Gasteiger partial charge in [0, 0.05) is 15.3 Å². The smallest absolute Gasteiger partial charge is 0.315 e. The summed E-state index contributed by atoms with van der Waals surface area (Å²) in [5, 5.41) is 2.79. The maximum Gasteiger partial charge on any atom is 0.315 e. The van der Waals surface area contributed by atoms with Gasteiger partial charge < -0.3 is 14.5 Å². The van der Waals surface area contributed by atoms with Gasteiger partial charge in [0.25, 0.3) is 5.91 Å². The molecule has 0 aliphatic heterocycles. The lowest BCUT2D eigenvalue weighted by Crippen LogP contribution is -2.30. The summed E-state index contributed by atoms with van der Waals surface area (Å²) in [6.07, 6.45) is 3.70. The summed E-state index contributed by atoms with van der Waals surface area (Å²) < 4.78 is 7.77. The fourth-order valence-electron chi connectivity index (χ4n) is 2.62. The first-order chi connectivity index (χ1) is 12.3. The molecule has 1 amide bonds. The third-order valence-corrected chi connectivity index (χ3v) is 4.86. The van der Waals surface area contributed by atoms with E-state index in [1.54, 1.807) is 44.3 Å². The van der Waals surface area contributed by atoms with Crippen molar-refractivity contribution < 1.29 is 14.3 Å². The van der Waals surface area contributed by atoms with Crippen molar-refractivity contribution in [3.8, 4) is 0 Å². The highest BCUT2D eigenvalue weighted by atomic mass is 127. The first-order valence-electron chi connectivity index (χ1n) is 7.96. The number of nitrogens with zero attached hydrogens (tertiary/aromatic N) is 2. The molecule has 3 aromatic rings. The molecule has 3 rings (SSSR count). The Morgan fingerprint density at radius 3 is 2.46 bits per heavy atom. The lowest BCUT2D eigenvalue weighted by molar-refractivity contribution is -0.146. The molecule has 0 atom stereocenters. The minimum Gasteiger partial charge on any atom is -0.468 e. The molecule has 7 heteroatoms. The van der Waals surface area contributed by atoms with E-state index < -0.39 is 5.41 Å². The number of benzene rings is 1. The van der Waals surface area contributed by atoms with Gasteiger partial charge in [-0.25, -0.2) is 4.98 Å². The van der Waals surface area contributed by atoms with Crippen molar-refractivity contribution in [2.45, 2.75) is 19.3 Å². The van der Waals surface area contributed by atoms with Crippen molar-refractivity contribution >= 4 is 45.9 Å². The van der Waals surface area contributed by atoms with E-state index in [9.17, 15) is 9.59 Å². The van der Waals surface area contributed by atoms with Gasteiger partial charge in [-0.05, 0) is 66.3 Å². The minimum atomic E-state index is -0.775. The van der Waals surface area contributed by atoms with Crippen molar-refractivity contribution in [3.63, 3.8) is 0 Å². The van der Waals surface area contributed by atoms with Gasteiger partial charge in [0.15, 0.2) is 5.82 Å². The lowest BCUT2D eigenvalue weighted by Gasteiger charge is -2.22. The Morgan fingerprint density at radius 1 is 1.12 bits per heavy atom. The Bertz CT molecular complexity index is 977. The normalized spacial score (nSPS) is 11.4. The summed E-state index contributed by atoms with van der Waals surface area (Å²) in [5.41, 5.74) is 1.25. The van der Waals surface area contributed by atoms with Crippen LogP contribution in [0.5, 0.6) is 0 Å². The fourth-order valence-corrected chi connectivity index (χ4v) is 3.10. The van der Waals surface area contributed by atoms with Gasteiger partial charge in [-0.2, -0.15) is 0 Å². The van der Waals surface area contributed by atoms with Crippen LogP contribution in [0.15, 0.2) is 48.8 Å². The van der Waals surface area contributed by atoms with Gasteiger partial charge in [0.05, 0.1) is 18.7 Å². The van der Waals surface area contributed by atoms with Gasteiger partial charge in [-0.3, -0.25) is 9.59 Å². The van der Waals surface area contributed by atoms with Crippen LogP contribution in [0, 0.1) is 3.57 Å². The summed E-state index contributed by atoms with van der Waals surface area (Å²) in [6, 6.07) is 10.7. The number of hydrogen-bond donors (Lipinski definition) is 1. The van der Waals surface area contributed by atoms with Crippen LogP contribution in [0.1, 0.15) is 29.8 Å². The summed E-state index contributed by atoms with van der Waals surface area (Å²) in [7, 11) is 1.36. The number of imidazole rings is 1. The molecule has 0 unspecified atom stereocenters. The summed E-state index contributed by atoms with van der Waals surface area (Å²) in [4.78, 5) is 28.7. The first-order valence-corrected chi connectivity index (χ1v) is 9.03. The zero-order valence-electron chi connectivity index (χ0n) is 14.6. The maximum absolute atomic E-state index is 12.5. The molecule has 1 aromatic carbocycles. The van der Waals surface area contributed by atoms with E-state index in [2.05, 4.69) is 32.9 Å². The molecule has 6 nitrogen and oxygen atoms in total. The average molecular weight is 463 g/mol. The van der Waals surface area contributed by atoms with Gasteiger partial charge >= 0.3 is 5.97 Å². The predicted molar refractivity (Wildman–Crippen MR) is 107 cm³/mol. The van der Waals surface area contributed by atoms with Crippen molar-refractivity contribution in [2.75, 3.05) is 12.4 Å². The summed E-state index contributed by atoms with van der Waals surface area (Å²) in [5.74, 6) is -0.101. The molecule has 0 saturated carbocycles. The molecule has 0 radical (unpaired) electrons. The van der Waals surface area contributed by atoms with Crippen LogP contribution >= 0.6 is 22.6 Å². The highest BCUT2D eigenvalue weighted by Crippen LogP contribution is 2.25. The molecule has 2 heterocycles. The van der Waals surface area contributed by atoms with Gasteiger partial charge in [0.2, 0.25) is 0 Å². The molecular formula is C19H18IN3O3. The minimum absolute atomic E-state index is 0.259. The number of anilines is 1. The highest BCUT2D eigenvalue weighted by molar-refractivity contribution is 14.1. The lowest BCUT2D eigenvalue weighted by atomic mass is 9.84. The SMILES string of the molecule is COC(=O)C(C)(C)c1ccc(C(=O)Nc2cn3cc(I)ccc3n2)cc1. The largest absolute Gasteiger partial charge is 0.468 e. The van der Waals surface area contributed by atoms with E-state index in [-0.39, 0.29) is 11.9 Å². The third-order valence-electron chi connectivity index (χ3n) is 4.22. The quantitative estimate of drug-likeness (QED) is 0.474. The molecular weight excluding hydrogens is 445 g/mol. The molecule has 134 valence electrons. The topological polar surface area (TPSA) is 72.7 Å². The van der Waals surface area contributed by atoms with Crippen LogP contribution in [0.4, 0.5) is 5.82 Å². The average Bonchev–Trinajstić information content (AvgIpc) is 3.02. The molecule has 2 aromatic heterocycles. The van der Waals surface area contributed by atoms with Gasteiger partial charge in [-0.1, -0.05) is 12.1 Å². The number of carbonyl (C=O) groups excluding carboxylic acids is 2. The van der Waals surface area contributed by atoms with Gasteiger partial charge in [-0.15, -0.1) is 0 Å². The van der Waals surface area contributed by atoms with Crippen LogP contribution in [-0.4, -0.2) is 28.4 Å². The number of nitrogens with one attached hydrogen (secondary N) is 1. The molecule has 1 N–H and O–H groups in total. The standard InChI is InChI=1S/C19H18IN3O3/c1-19(2,18(25)26-3)13-6-4-12(5-7-13)17(24)22-15-11-23-10-14(20)8-9-16(23)21-15/h4-11H,1-3H3,(H,22,24). The molecule has 0 bridgehead atoms. The summed E-state index contributed by atoms with van der Waals surface area (Å²) >= 11 is 2.22. The second kappa shape index (κ2) is 7.06. The number of fused-ring (bicyclic) bond motifs is 1. The number of amides is 1. The number of pyridine rings is 1. The second-order valence-corrected chi connectivity index (χ2v) is 7.63. The number of carbonyl (C=O) groups is 2. The molecule has 0 fully saturated rings. The highest BCUT2D eigenvalue weighted by Gasteiger charge is 2.30. The molecule has 0 aliphatic rings. The number of aromatic nitrogens is 2. The zero-order valence-corrected chi connectivity index (χ0v) is 16.8. The van der Waals surface area contributed by atoms with Crippen molar-refractivity contribution in [1.82, 2.24) is 9.38 Å². The van der Waals surface area contributed by atoms with E-state index in [0.29, 0.717) is 11.4 Å². The van der Waals surface area contributed by atoms with E-state index in [1.807, 2.05) is 22.7 Å². The summed E-state index contributed by atoms with van der Waals surface area (Å²) in [6.45, 7) is 3.57. The van der Waals surface area contributed by atoms with E-state index in [4.69, 9.17) is 4.74 Å². The van der Waals surface area contributed by atoms with E-state index in [1.165, 1.54) is 7.11 Å². The predicted octanol–water partition coefficient (Wildman–Crippen LogP) is 3.64. The number of methoxy groups -OCH3 is 1. The van der Waals surface area contributed by atoms with E-state index >= 15 is 0 Å². The molecule has 0 aliphatic carbocycles. The number of halogens is 1. The maximum atomic E-state index is 12.5. The van der Waals surface area contributed by atoms with Crippen molar-refractivity contribution in [3.05, 3.63) is 63.5 Å². The Hall–Kier alpha value is -2.42. The van der Waals surface area contributed by atoms with Crippen LogP contribution in [0.3, 0.4) is 0 Å². The van der Waals surface area contributed by atoms with Crippen LogP contribution < -0.4 is 5.32 Å². The van der Waals surface area contributed by atoms with Crippen LogP contribution in [0.2, 0.25) is 0 Å². The zero-order chi connectivity index (χ0) is 18.9. The number of rotatable bonds is 4. The molecule has 0 saturated heterocycles. The number of esters is 1. The Labute approximate surface area is 164 Å². The van der Waals surface area contributed by atoms with Crippen molar-refractivity contribution in [1.29, 1.82) is 0 Å². The molecule has 0 spiro atoms. The number of ether oxygens (including phenoxy) is 1. The van der Waals surface area contributed by atoms with Crippen LogP contribution in [-0.2, 0) is 14.9 Å². The van der Waals surface area contributed by atoms with Gasteiger partial charge in [0.1, 0.15) is 5.65 Å². The second-order valence-electron chi connectivity index (χ2n) is 6.39. The Kier molecular flexibility index (Phi) is 4.99. The van der Waals surface area contributed by atoms with Crippen LogP contribution in [0.25, 0.3) is 5.65 Å². The number of hydrogen-bond acceptors (Lipinski definition) is 4.